The lowest BCUT2D eigenvalue weighted by atomic mass is 9.95. The molecular formula is C27H32F3N5O6. The van der Waals surface area contributed by atoms with Gasteiger partial charge in [0.05, 0.1) is 12.2 Å². The number of likely N-dealkylation sites (N-methyl/N-ethyl adjacent to an activating group) is 1. The van der Waals surface area contributed by atoms with Crippen LogP contribution in [0.15, 0.2) is 18.2 Å². The monoisotopic (exact) mass is 579 g/mol. The number of hydrogen-bond donors (Lipinski definition) is 3. The van der Waals surface area contributed by atoms with Crippen LogP contribution in [0.1, 0.15) is 56.9 Å². The molecule has 3 fully saturated rings. The number of halogens is 3. The molecule has 1 aromatic rings. The minimum Gasteiger partial charge on any atom is -0.473 e. The number of amides is 5. The van der Waals surface area contributed by atoms with Crippen molar-refractivity contribution in [1.82, 2.24) is 15.1 Å². The highest BCUT2D eigenvalue weighted by atomic mass is 19.4. The number of carbonyl (C=O) groups is 5. The summed E-state index contributed by atoms with van der Waals surface area (Å²) in [7, 11) is 1.26. The smallest absolute Gasteiger partial charge is 0.471 e. The van der Waals surface area contributed by atoms with Crippen LogP contribution in [-0.2, 0) is 24.0 Å². The zero-order valence-corrected chi connectivity index (χ0v) is 22.6. The predicted molar refractivity (Wildman–Crippen MR) is 137 cm³/mol. The van der Waals surface area contributed by atoms with Gasteiger partial charge in [0.2, 0.25) is 23.3 Å². The molecule has 0 radical (unpaired) electrons. The van der Waals surface area contributed by atoms with Gasteiger partial charge < -0.3 is 30.9 Å². The average molecular weight is 580 g/mol. The molecule has 2 aliphatic carbocycles. The van der Waals surface area contributed by atoms with E-state index in [4.69, 9.17) is 10.5 Å². The zero-order valence-electron chi connectivity index (χ0n) is 22.6. The quantitative estimate of drug-likeness (QED) is 0.424. The Hall–Kier alpha value is -3.84. The van der Waals surface area contributed by atoms with E-state index in [0.29, 0.717) is 11.4 Å². The van der Waals surface area contributed by atoms with Crippen molar-refractivity contribution in [1.29, 1.82) is 0 Å². The number of likely N-dealkylation sites (tertiary alicyclic amines) is 1. The maximum Gasteiger partial charge on any atom is 0.471 e. The number of alkyl halides is 3. The lowest BCUT2D eigenvalue weighted by molar-refractivity contribution is -0.175. The summed E-state index contributed by atoms with van der Waals surface area (Å²) in [5, 5.41) is 4.46. The van der Waals surface area contributed by atoms with Crippen LogP contribution in [0.3, 0.4) is 0 Å². The summed E-state index contributed by atoms with van der Waals surface area (Å²) in [6.45, 7) is 0.778. The molecule has 11 nitrogen and oxygen atoms in total. The van der Waals surface area contributed by atoms with Crippen LogP contribution in [0.2, 0.25) is 0 Å². The Labute approximate surface area is 233 Å². The minimum atomic E-state index is -5.19. The average Bonchev–Trinajstić information content (AvgIpc) is 3.84. The van der Waals surface area contributed by atoms with Crippen molar-refractivity contribution >= 4 is 35.2 Å². The highest BCUT2D eigenvalue weighted by Crippen LogP contribution is 2.50. The van der Waals surface area contributed by atoms with Gasteiger partial charge in [0.15, 0.2) is 0 Å². The predicted octanol–water partition coefficient (Wildman–Crippen LogP) is 1.41. The van der Waals surface area contributed by atoms with Crippen LogP contribution in [0.4, 0.5) is 18.9 Å². The summed E-state index contributed by atoms with van der Waals surface area (Å²) in [4.78, 5) is 66.5. The van der Waals surface area contributed by atoms with E-state index >= 15 is 0 Å². The van der Waals surface area contributed by atoms with Crippen LogP contribution in [0.25, 0.3) is 0 Å². The Morgan fingerprint density at radius 2 is 1.90 bits per heavy atom. The molecule has 1 saturated heterocycles. The minimum absolute atomic E-state index is 0.0880. The second-order valence-corrected chi connectivity index (χ2v) is 11.5. The zero-order chi connectivity index (χ0) is 29.9. The van der Waals surface area contributed by atoms with Gasteiger partial charge in [-0.1, -0.05) is 25.0 Å². The van der Waals surface area contributed by atoms with E-state index in [2.05, 4.69) is 5.32 Å². The first-order chi connectivity index (χ1) is 19.2. The summed E-state index contributed by atoms with van der Waals surface area (Å²) in [5.41, 5.74) is 5.50. The molecule has 2 heterocycles. The van der Waals surface area contributed by atoms with E-state index in [1.807, 2.05) is 12.1 Å². The van der Waals surface area contributed by atoms with Gasteiger partial charge in [0.1, 0.15) is 23.9 Å². The number of benzene rings is 1. The lowest BCUT2D eigenvalue weighted by Crippen LogP contribution is -2.58. The van der Waals surface area contributed by atoms with Crippen molar-refractivity contribution in [2.45, 2.75) is 81.3 Å². The number of nitrogens with zero attached hydrogens (tertiary/aromatic N) is 2. The van der Waals surface area contributed by atoms with Gasteiger partial charge in [-0.2, -0.15) is 13.2 Å². The van der Waals surface area contributed by atoms with E-state index in [0.717, 1.165) is 48.0 Å². The topological polar surface area (TPSA) is 151 Å². The van der Waals surface area contributed by atoms with E-state index in [-0.39, 0.29) is 31.2 Å². The normalized spacial score (nSPS) is 25.0. The number of nitrogens with one attached hydrogen (secondary N) is 2. The maximum absolute atomic E-state index is 14.0. The molecule has 4 aliphatic rings. The highest BCUT2D eigenvalue weighted by molar-refractivity contribution is 6.04. The number of ether oxygens (including phenoxy) is 1. The van der Waals surface area contributed by atoms with Crippen LogP contribution in [0, 0.1) is 5.92 Å². The lowest BCUT2D eigenvalue weighted by Gasteiger charge is -2.36. The first kappa shape index (κ1) is 28.7. The van der Waals surface area contributed by atoms with Crippen LogP contribution in [0.5, 0.6) is 5.75 Å². The van der Waals surface area contributed by atoms with Gasteiger partial charge in [0, 0.05) is 13.5 Å². The van der Waals surface area contributed by atoms with Crippen LogP contribution < -0.4 is 21.1 Å². The van der Waals surface area contributed by atoms with Gasteiger partial charge >= 0.3 is 12.1 Å². The molecule has 1 unspecified atom stereocenters. The van der Waals surface area contributed by atoms with E-state index in [1.165, 1.54) is 7.05 Å². The standard InChI is InChI=1S/C27H32F3N5O6/c1-13(32-25(40)27(28,29)30)22(37)34(2)18(10-14-6-7-14)23(38)35-12-26(11-19(35)21(31)36)24(39)33-17-5-3-4-16(15-8-9-15)20(17)41-26/h3-5,13-15,18-19H,6-12H2,1-2H3,(H2,31,36)(H,32,40)(H,33,39)/t13-,18?,19-,26+/m0/s1. The molecule has 0 bridgehead atoms. The molecule has 222 valence electrons. The van der Waals surface area contributed by atoms with Gasteiger partial charge in [0.25, 0.3) is 5.91 Å². The summed E-state index contributed by atoms with van der Waals surface area (Å²) >= 11 is 0. The van der Waals surface area contributed by atoms with E-state index in [9.17, 15) is 37.1 Å². The van der Waals surface area contributed by atoms with Gasteiger partial charge in [-0.3, -0.25) is 24.0 Å². The summed E-state index contributed by atoms with van der Waals surface area (Å²) in [6.07, 6.45) is -1.67. The Balaban J connectivity index is 1.40. The first-order valence-corrected chi connectivity index (χ1v) is 13.6. The van der Waals surface area contributed by atoms with Crippen molar-refractivity contribution in [2.24, 2.45) is 11.7 Å². The van der Waals surface area contributed by atoms with Crippen molar-refractivity contribution in [3.8, 4) is 5.75 Å². The van der Waals surface area contributed by atoms with Gasteiger partial charge in [-0.25, -0.2) is 0 Å². The summed E-state index contributed by atoms with van der Waals surface area (Å²) in [6, 6.07) is 1.47. The molecular weight excluding hydrogens is 547 g/mol. The molecule has 2 saturated carbocycles. The molecule has 5 amide bonds. The Bertz CT molecular complexity index is 1300. The molecule has 41 heavy (non-hydrogen) atoms. The molecule has 4 atom stereocenters. The van der Waals surface area contributed by atoms with Gasteiger partial charge in [-0.15, -0.1) is 0 Å². The first-order valence-electron chi connectivity index (χ1n) is 13.6. The maximum atomic E-state index is 14.0. The Morgan fingerprint density at radius 3 is 2.49 bits per heavy atom. The number of anilines is 1. The van der Waals surface area contributed by atoms with E-state index < -0.39 is 59.4 Å². The number of rotatable bonds is 8. The van der Waals surface area contributed by atoms with Crippen molar-refractivity contribution in [2.75, 3.05) is 18.9 Å². The fraction of sp³-hybridized carbons (Fsp3) is 0.593. The van der Waals surface area contributed by atoms with Crippen LogP contribution in [-0.4, -0.2) is 82.8 Å². The Morgan fingerprint density at radius 1 is 1.22 bits per heavy atom. The third-order valence-electron chi connectivity index (χ3n) is 8.29. The second-order valence-electron chi connectivity index (χ2n) is 11.5. The van der Waals surface area contributed by atoms with Gasteiger partial charge in [-0.05, 0) is 49.7 Å². The number of para-hydroxylation sites is 1. The molecule has 4 N–H and O–H groups in total. The number of carbonyl (C=O) groups excluding carboxylic acids is 5. The molecule has 14 heteroatoms. The van der Waals surface area contributed by atoms with Crippen molar-refractivity contribution < 1.29 is 41.9 Å². The summed E-state index contributed by atoms with van der Waals surface area (Å²) in [5.74, 6) is -4.41. The van der Waals surface area contributed by atoms with Crippen molar-refractivity contribution in [3.63, 3.8) is 0 Å². The second kappa shape index (κ2) is 10.2. The fourth-order valence-corrected chi connectivity index (χ4v) is 5.64. The molecule has 1 spiro atoms. The molecule has 2 aliphatic heterocycles. The Kier molecular flexibility index (Phi) is 7.14. The van der Waals surface area contributed by atoms with Crippen molar-refractivity contribution in [3.05, 3.63) is 23.8 Å². The number of nitrogens with two attached hydrogens (primary N) is 1. The number of primary amides is 1. The summed E-state index contributed by atoms with van der Waals surface area (Å²) < 4.78 is 44.6. The third-order valence-corrected chi connectivity index (χ3v) is 8.29. The fourth-order valence-electron chi connectivity index (χ4n) is 5.64. The molecule has 5 rings (SSSR count). The SMILES string of the molecule is C[C@H](NC(=O)C(F)(F)F)C(=O)N(C)C(CC1CC1)C(=O)N1C[C@@]2(C[C@H]1C(N)=O)Oc1c(cccc1C1CC1)NC2=O. The van der Waals surface area contributed by atoms with Crippen LogP contribution >= 0.6 is 0 Å². The number of fused-ring (bicyclic) bond motifs is 1. The largest absolute Gasteiger partial charge is 0.473 e. The third kappa shape index (κ3) is 5.55. The molecule has 1 aromatic carbocycles. The molecule has 0 aromatic heterocycles. The van der Waals surface area contributed by atoms with E-state index in [1.54, 1.807) is 11.4 Å². The highest BCUT2D eigenvalue weighted by Gasteiger charge is 2.58. The number of hydrogen-bond acceptors (Lipinski definition) is 6.